The third-order valence-electron chi connectivity index (χ3n) is 3.32. The van der Waals surface area contributed by atoms with Gasteiger partial charge in [-0.3, -0.25) is 9.78 Å². The van der Waals surface area contributed by atoms with Gasteiger partial charge in [-0.1, -0.05) is 6.07 Å². The number of benzene rings is 1. The molecule has 9 nitrogen and oxygen atoms in total. The molecule has 0 atom stereocenters. The summed E-state index contributed by atoms with van der Waals surface area (Å²) in [4.78, 5) is 22.3. The molecule has 5 N–H and O–H groups in total. The van der Waals surface area contributed by atoms with Gasteiger partial charge in [0.15, 0.2) is 0 Å². The number of hydrogen-bond donors (Lipinski definition) is 3. The predicted molar refractivity (Wildman–Crippen MR) is 106 cm³/mol. The maximum Gasteiger partial charge on any atom is 0.267 e. The van der Waals surface area contributed by atoms with E-state index in [1.165, 1.54) is 30.5 Å². The molecule has 0 saturated carbocycles. The number of pyridine rings is 1. The Morgan fingerprint density at radius 2 is 1.61 bits per heavy atom. The molecule has 0 fully saturated rings. The fourth-order valence-electron chi connectivity index (χ4n) is 2.11. The largest absolute Gasteiger partial charge is 0.399 e. The Morgan fingerprint density at radius 3 is 2.07 bits per heavy atom. The zero-order valence-electron chi connectivity index (χ0n) is 15.3. The van der Waals surface area contributed by atoms with Gasteiger partial charge in [-0.25, -0.2) is 23.1 Å². The molecule has 0 saturated heterocycles. The van der Waals surface area contributed by atoms with Crippen LogP contribution >= 0.6 is 0 Å². The number of primary amides is 1. The van der Waals surface area contributed by atoms with E-state index in [-0.39, 0.29) is 10.8 Å². The van der Waals surface area contributed by atoms with Gasteiger partial charge < -0.3 is 11.5 Å². The molecular formula is C18H20N6O3S. The lowest BCUT2D eigenvalue weighted by Crippen LogP contribution is -2.15. The Hall–Kier alpha value is -3.53. The number of rotatable bonds is 4. The molecule has 146 valence electrons. The molecule has 28 heavy (non-hydrogen) atoms. The average molecular weight is 400 g/mol. The van der Waals surface area contributed by atoms with Crippen molar-refractivity contribution in [3.63, 3.8) is 0 Å². The van der Waals surface area contributed by atoms with Crippen LogP contribution in [0.2, 0.25) is 0 Å². The van der Waals surface area contributed by atoms with Crippen molar-refractivity contribution < 1.29 is 13.2 Å². The van der Waals surface area contributed by atoms with Gasteiger partial charge in [-0.05, 0) is 56.3 Å². The molecule has 0 aliphatic heterocycles. The smallest absolute Gasteiger partial charge is 0.267 e. The summed E-state index contributed by atoms with van der Waals surface area (Å²) in [5.74, 6) is -0.426. The number of aryl methyl sites for hydroxylation is 2. The highest BCUT2D eigenvalue weighted by Crippen LogP contribution is 2.15. The first-order valence-electron chi connectivity index (χ1n) is 8.09. The Kier molecular flexibility index (Phi) is 6.61. The number of carbonyl (C=O) groups excluding carboxylic acids is 1. The van der Waals surface area contributed by atoms with Crippen LogP contribution in [-0.2, 0) is 10.0 Å². The monoisotopic (exact) mass is 400 g/mol. The van der Waals surface area contributed by atoms with Crippen molar-refractivity contribution in [2.24, 2.45) is 5.73 Å². The number of amides is 1. The van der Waals surface area contributed by atoms with Crippen LogP contribution in [0.3, 0.4) is 0 Å². The van der Waals surface area contributed by atoms with Crippen molar-refractivity contribution in [3.8, 4) is 0 Å². The quantitative estimate of drug-likeness (QED) is 0.563. The summed E-state index contributed by atoms with van der Waals surface area (Å²) in [6, 6.07) is 12.7. The van der Waals surface area contributed by atoms with E-state index in [0.717, 1.165) is 0 Å². The first-order valence-corrected chi connectivity index (χ1v) is 9.57. The number of nitrogens with one attached hydrogen (secondary N) is 1. The number of sulfonamides is 1. The van der Waals surface area contributed by atoms with E-state index in [1.54, 1.807) is 38.1 Å². The summed E-state index contributed by atoms with van der Waals surface area (Å²) in [5, 5.41) is 0. The number of nitrogen functional groups attached to an aromatic ring is 1. The van der Waals surface area contributed by atoms with E-state index in [0.29, 0.717) is 22.8 Å². The van der Waals surface area contributed by atoms with Crippen molar-refractivity contribution in [2.45, 2.75) is 18.7 Å². The van der Waals surface area contributed by atoms with Gasteiger partial charge in [0.2, 0.25) is 5.95 Å². The van der Waals surface area contributed by atoms with Gasteiger partial charge in [0.1, 0.15) is 5.69 Å². The van der Waals surface area contributed by atoms with Gasteiger partial charge in [0.25, 0.3) is 15.9 Å². The Bertz CT molecular complexity index is 1030. The fourth-order valence-corrected chi connectivity index (χ4v) is 3.05. The Labute approximate surface area is 162 Å². The first-order chi connectivity index (χ1) is 13.2. The Morgan fingerprint density at radius 1 is 1.00 bits per heavy atom. The third kappa shape index (κ3) is 6.02. The van der Waals surface area contributed by atoms with Crippen LogP contribution in [0.15, 0.2) is 59.6 Å². The molecule has 10 heteroatoms. The lowest BCUT2D eigenvalue weighted by molar-refractivity contribution is 0.0995. The highest BCUT2D eigenvalue weighted by atomic mass is 32.2. The van der Waals surface area contributed by atoms with E-state index in [4.69, 9.17) is 11.5 Å². The minimum absolute atomic E-state index is 0.0642. The highest BCUT2D eigenvalue weighted by molar-refractivity contribution is 7.92. The van der Waals surface area contributed by atoms with Crippen molar-refractivity contribution in [2.75, 3.05) is 10.5 Å². The van der Waals surface area contributed by atoms with E-state index < -0.39 is 15.9 Å². The number of carbonyl (C=O) groups is 1. The summed E-state index contributed by atoms with van der Waals surface area (Å²) < 4.78 is 26.6. The van der Waals surface area contributed by atoms with Crippen LogP contribution in [0.4, 0.5) is 11.6 Å². The van der Waals surface area contributed by atoms with E-state index >= 15 is 0 Å². The molecule has 3 aromatic rings. The van der Waals surface area contributed by atoms with E-state index in [1.807, 2.05) is 0 Å². The minimum Gasteiger partial charge on any atom is -0.399 e. The summed E-state index contributed by atoms with van der Waals surface area (Å²) in [6.07, 6.45) is 1.53. The lowest BCUT2D eigenvalue weighted by Gasteiger charge is -2.08. The van der Waals surface area contributed by atoms with Crippen LogP contribution < -0.4 is 16.2 Å². The molecule has 2 aromatic heterocycles. The fraction of sp³-hybridized carbons (Fsp3) is 0.111. The number of aromatic nitrogens is 3. The standard InChI is InChI=1S/C12H14N4O2S.C6H6N2O/c1-8-7-9(2)15-12(14-8)16-19(17,18)11-5-3-10(13)4-6-11;7-6(9)5-3-1-2-4-8-5/h3-7H,13H2,1-2H3,(H,14,15,16);1-4H,(H2,7,9). The zero-order chi connectivity index (χ0) is 20.7. The average Bonchev–Trinajstić information content (AvgIpc) is 2.62. The first kappa shape index (κ1) is 20.8. The second kappa shape index (κ2) is 8.91. The maximum absolute atomic E-state index is 12.1. The maximum atomic E-state index is 12.1. The van der Waals surface area contributed by atoms with E-state index in [2.05, 4.69) is 19.7 Å². The van der Waals surface area contributed by atoms with Gasteiger partial charge >= 0.3 is 0 Å². The summed E-state index contributed by atoms with van der Waals surface area (Å²) in [5.41, 5.74) is 12.6. The van der Waals surface area contributed by atoms with Crippen molar-refractivity contribution in [1.82, 2.24) is 15.0 Å². The summed E-state index contributed by atoms with van der Waals surface area (Å²) in [7, 11) is -3.69. The molecule has 1 aromatic carbocycles. The van der Waals surface area contributed by atoms with Crippen molar-refractivity contribution in [1.29, 1.82) is 0 Å². The third-order valence-corrected chi connectivity index (χ3v) is 4.66. The molecule has 1 amide bonds. The van der Waals surface area contributed by atoms with Gasteiger partial charge in [0.05, 0.1) is 4.90 Å². The highest BCUT2D eigenvalue weighted by Gasteiger charge is 2.15. The van der Waals surface area contributed by atoms with Crippen LogP contribution in [0, 0.1) is 13.8 Å². The number of nitrogens with two attached hydrogens (primary N) is 2. The molecule has 0 unspecified atom stereocenters. The van der Waals surface area contributed by atoms with E-state index in [9.17, 15) is 13.2 Å². The second-order valence-electron chi connectivity index (χ2n) is 5.73. The molecule has 0 spiro atoms. The summed E-state index contributed by atoms with van der Waals surface area (Å²) >= 11 is 0. The molecule has 0 aliphatic carbocycles. The van der Waals surface area contributed by atoms with Crippen LogP contribution in [0.1, 0.15) is 21.9 Å². The molecule has 2 heterocycles. The Balaban J connectivity index is 0.000000261. The second-order valence-corrected chi connectivity index (χ2v) is 7.41. The molecule has 0 aliphatic rings. The molecule has 0 radical (unpaired) electrons. The lowest BCUT2D eigenvalue weighted by atomic mass is 10.3. The van der Waals surface area contributed by atoms with Gasteiger partial charge in [-0.2, -0.15) is 0 Å². The molecule has 0 bridgehead atoms. The van der Waals surface area contributed by atoms with Gasteiger partial charge in [-0.15, -0.1) is 0 Å². The van der Waals surface area contributed by atoms with Crippen LogP contribution in [0.25, 0.3) is 0 Å². The molecule has 3 rings (SSSR count). The normalized spacial score (nSPS) is 10.5. The topological polar surface area (TPSA) is 154 Å². The van der Waals surface area contributed by atoms with Crippen LogP contribution in [-0.4, -0.2) is 29.3 Å². The van der Waals surface area contributed by atoms with Crippen molar-refractivity contribution in [3.05, 3.63) is 71.8 Å². The van der Waals surface area contributed by atoms with Crippen LogP contribution in [0.5, 0.6) is 0 Å². The molecular weight excluding hydrogens is 380 g/mol. The van der Waals surface area contributed by atoms with Gasteiger partial charge in [0, 0.05) is 23.3 Å². The van der Waals surface area contributed by atoms with Crippen molar-refractivity contribution >= 4 is 27.6 Å². The predicted octanol–water partition coefficient (Wildman–Crippen LogP) is 1.66. The zero-order valence-corrected chi connectivity index (χ0v) is 16.1. The minimum atomic E-state index is -3.69. The number of anilines is 2. The summed E-state index contributed by atoms with van der Waals surface area (Å²) in [6.45, 7) is 3.55. The number of hydrogen-bond acceptors (Lipinski definition) is 7. The number of nitrogens with zero attached hydrogens (tertiary/aromatic N) is 3. The SMILES string of the molecule is Cc1cc(C)nc(NS(=O)(=O)c2ccc(N)cc2)n1.NC(=O)c1ccccn1.